The Kier molecular flexibility index (Phi) is 6.86. The van der Waals surface area contributed by atoms with Crippen molar-refractivity contribution in [1.82, 2.24) is 4.98 Å². The average Bonchev–Trinajstić information content (AvgIpc) is 2.83. The van der Waals surface area contributed by atoms with E-state index in [2.05, 4.69) is 10.3 Å². The molecule has 0 radical (unpaired) electrons. The summed E-state index contributed by atoms with van der Waals surface area (Å²) < 4.78 is 9.90. The number of nitrogens with zero attached hydrogens (tertiary/aromatic N) is 1. The van der Waals surface area contributed by atoms with Gasteiger partial charge in [0.2, 0.25) is 0 Å². The Bertz CT molecular complexity index is 352. The van der Waals surface area contributed by atoms with Gasteiger partial charge in [0.1, 0.15) is 6.26 Å². The van der Waals surface area contributed by atoms with Gasteiger partial charge in [-0.15, -0.1) is 0 Å². The van der Waals surface area contributed by atoms with Crippen LogP contribution < -0.4 is 5.32 Å². The third-order valence-corrected chi connectivity index (χ3v) is 2.35. The van der Waals surface area contributed by atoms with Crippen LogP contribution in [-0.4, -0.2) is 35.8 Å². The van der Waals surface area contributed by atoms with E-state index < -0.39 is 5.97 Å². The number of hydrogen-bond acceptors (Lipinski definition) is 6. The smallest absolute Gasteiger partial charge is 0.360 e. The molecule has 18 heavy (non-hydrogen) atoms. The highest BCUT2D eigenvalue weighted by Gasteiger charge is 2.12. The van der Waals surface area contributed by atoms with Crippen molar-refractivity contribution in [3.63, 3.8) is 0 Å². The Hall–Kier alpha value is -1.56. The standard InChI is InChI=1S/C12H20N2O4/c1-2-17-11(16)10-9-18-12(14-10)13-7-5-3-4-6-8-15/h9,15H,2-8H2,1H3,(H,13,14). The minimum Gasteiger partial charge on any atom is -0.461 e. The van der Waals surface area contributed by atoms with Crippen molar-refractivity contribution in [1.29, 1.82) is 0 Å². The number of aromatic nitrogens is 1. The highest BCUT2D eigenvalue weighted by molar-refractivity contribution is 5.87. The fourth-order valence-electron chi connectivity index (χ4n) is 1.44. The maximum Gasteiger partial charge on any atom is 0.360 e. The summed E-state index contributed by atoms with van der Waals surface area (Å²) in [7, 11) is 0. The van der Waals surface area contributed by atoms with E-state index in [0.717, 1.165) is 32.2 Å². The van der Waals surface area contributed by atoms with Gasteiger partial charge in [0.15, 0.2) is 5.69 Å². The van der Waals surface area contributed by atoms with E-state index in [4.69, 9.17) is 14.3 Å². The number of aliphatic hydroxyl groups is 1. The first-order valence-corrected chi connectivity index (χ1v) is 6.25. The molecule has 1 heterocycles. The zero-order valence-corrected chi connectivity index (χ0v) is 10.6. The molecule has 2 N–H and O–H groups in total. The van der Waals surface area contributed by atoms with Crippen LogP contribution in [0.3, 0.4) is 0 Å². The molecule has 1 aromatic rings. The summed E-state index contributed by atoms with van der Waals surface area (Å²) in [4.78, 5) is 15.3. The molecule has 0 saturated heterocycles. The fraction of sp³-hybridized carbons (Fsp3) is 0.667. The lowest BCUT2D eigenvalue weighted by atomic mass is 10.2. The lowest BCUT2D eigenvalue weighted by molar-refractivity contribution is 0.0519. The van der Waals surface area contributed by atoms with E-state index in [-0.39, 0.29) is 12.3 Å². The van der Waals surface area contributed by atoms with E-state index in [1.165, 1.54) is 6.26 Å². The number of ether oxygens (including phenoxy) is 1. The molecule has 0 unspecified atom stereocenters. The molecule has 1 rings (SSSR count). The molecule has 6 heteroatoms. The third kappa shape index (κ3) is 5.18. The lowest BCUT2D eigenvalue weighted by Crippen LogP contribution is -2.06. The summed E-state index contributed by atoms with van der Waals surface area (Å²) in [6.45, 7) is 3.03. The third-order valence-electron chi connectivity index (χ3n) is 2.35. The second-order valence-corrected chi connectivity index (χ2v) is 3.82. The van der Waals surface area contributed by atoms with Crippen molar-refractivity contribution in [3.8, 4) is 0 Å². The molecule has 0 bridgehead atoms. The van der Waals surface area contributed by atoms with Gasteiger partial charge >= 0.3 is 5.97 Å². The molecule has 102 valence electrons. The monoisotopic (exact) mass is 256 g/mol. The van der Waals surface area contributed by atoms with Gasteiger partial charge in [0.25, 0.3) is 6.01 Å². The second-order valence-electron chi connectivity index (χ2n) is 3.82. The van der Waals surface area contributed by atoms with Gasteiger partial charge in [-0.25, -0.2) is 4.79 Å². The summed E-state index contributed by atoms with van der Waals surface area (Å²) in [6.07, 6.45) is 5.14. The molecule has 6 nitrogen and oxygen atoms in total. The Morgan fingerprint density at radius 2 is 2.22 bits per heavy atom. The van der Waals surface area contributed by atoms with Crippen LogP contribution in [-0.2, 0) is 4.74 Å². The molecule has 0 amide bonds. The summed E-state index contributed by atoms with van der Waals surface area (Å²) in [5, 5.41) is 11.6. The molecule has 0 atom stereocenters. The number of carbonyl (C=O) groups is 1. The number of rotatable bonds is 9. The van der Waals surface area contributed by atoms with E-state index in [0.29, 0.717) is 12.6 Å². The molecule has 0 saturated carbocycles. The first-order valence-electron chi connectivity index (χ1n) is 6.25. The molecular weight excluding hydrogens is 236 g/mol. The maximum atomic E-state index is 11.3. The quantitative estimate of drug-likeness (QED) is 0.518. The van der Waals surface area contributed by atoms with Crippen LogP contribution in [0.5, 0.6) is 0 Å². The van der Waals surface area contributed by atoms with Gasteiger partial charge < -0.3 is 19.6 Å². The molecule has 0 aromatic carbocycles. The van der Waals surface area contributed by atoms with Gasteiger partial charge in [-0.05, 0) is 19.8 Å². The van der Waals surface area contributed by atoms with Crippen molar-refractivity contribution in [2.24, 2.45) is 0 Å². The Labute approximate surface area is 106 Å². The molecule has 0 aliphatic carbocycles. The van der Waals surface area contributed by atoms with Gasteiger partial charge in [0, 0.05) is 13.2 Å². The number of esters is 1. The predicted octanol–water partition coefficient (Wildman–Crippen LogP) is 1.82. The molecular formula is C12H20N2O4. The normalized spacial score (nSPS) is 10.3. The minimum absolute atomic E-state index is 0.180. The van der Waals surface area contributed by atoms with Gasteiger partial charge in [-0.2, -0.15) is 4.98 Å². The number of anilines is 1. The van der Waals surface area contributed by atoms with Crippen molar-refractivity contribution in [3.05, 3.63) is 12.0 Å². The summed E-state index contributed by atoms with van der Waals surface area (Å²) in [5.74, 6) is -0.475. The van der Waals surface area contributed by atoms with Gasteiger partial charge in [-0.1, -0.05) is 12.8 Å². The van der Waals surface area contributed by atoms with E-state index >= 15 is 0 Å². The number of nitrogens with one attached hydrogen (secondary N) is 1. The highest BCUT2D eigenvalue weighted by atomic mass is 16.5. The molecule has 0 aliphatic rings. The summed E-state index contributed by atoms with van der Waals surface area (Å²) in [5.41, 5.74) is 0.180. The number of unbranched alkanes of at least 4 members (excludes halogenated alkanes) is 3. The van der Waals surface area contributed by atoms with Gasteiger partial charge in [-0.3, -0.25) is 0 Å². The van der Waals surface area contributed by atoms with Crippen molar-refractivity contribution < 1.29 is 19.1 Å². The van der Waals surface area contributed by atoms with E-state index in [9.17, 15) is 4.79 Å². The van der Waals surface area contributed by atoms with Crippen LogP contribution in [0, 0.1) is 0 Å². The van der Waals surface area contributed by atoms with Crippen LogP contribution in [0.2, 0.25) is 0 Å². The molecule has 0 aliphatic heterocycles. The second kappa shape index (κ2) is 8.52. The Morgan fingerprint density at radius 3 is 2.94 bits per heavy atom. The topological polar surface area (TPSA) is 84.6 Å². The predicted molar refractivity (Wildman–Crippen MR) is 66.5 cm³/mol. The zero-order chi connectivity index (χ0) is 13.2. The van der Waals surface area contributed by atoms with E-state index in [1.54, 1.807) is 6.92 Å². The maximum absolute atomic E-state index is 11.3. The summed E-state index contributed by atoms with van der Waals surface area (Å²) >= 11 is 0. The highest BCUT2D eigenvalue weighted by Crippen LogP contribution is 2.09. The van der Waals surface area contributed by atoms with Crippen molar-refractivity contribution in [2.45, 2.75) is 32.6 Å². The number of hydrogen-bond donors (Lipinski definition) is 2. The fourth-order valence-corrected chi connectivity index (χ4v) is 1.44. The SMILES string of the molecule is CCOC(=O)c1coc(NCCCCCCO)n1. The lowest BCUT2D eigenvalue weighted by Gasteiger charge is -2.01. The Morgan fingerprint density at radius 1 is 1.44 bits per heavy atom. The number of aliphatic hydroxyl groups excluding tert-OH is 1. The van der Waals surface area contributed by atoms with Crippen LogP contribution in [0.4, 0.5) is 6.01 Å². The molecule has 0 spiro atoms. The minimum atomic E-state index is -0.475. The van der Waals surface area contributed by atoms with Crippen molar-refractivity contribution >= 4 is 12.0 Å². The van der Waals surface area contributed by atoms with Crippen LogP contribution in [0.1, 0.15) is 43.1 Å². The summed E-state index contributed by atoms with van der Waals surface area (Å²) in [6, 6.07) is 0.334. The van der Waals surface area contributed by atoms with Crippen LogP contribution in [0.15, 0.2) is 10.7 Å². The molecule has 0 fully saturated rings. The first kappa shape index (κ1) is 14.5. The number of carbonyl (C=O) groups excluding carboxylic acids is 1. The van der Waals surface area contributed by atoms with Crippen molar-refractivity contribution in [2.75, 3.05) is 25.1 Å². The average molecular weight is 256 g/mol. The van der Waals surface area contributed by atoms with Crippen LogP contribution in [0.25, 0.3) is 0 Å². The van der Waals surface area contributed by atoms with Gasteiger partial charge in [0.05, 0.1) is 6.61 Å². The number of oxazole rings is 1. The van der Waals surface area contributed by atoms with E-state index in [1.807, 2.05) is 0 Å². The zero-order valence-electron chi connectivity index (χ0n) is 10.6. The first-order chi connectivity index (χ1) is 8.77. The largest absolute Gasteiger partial charge is 0.461 e. The van der Waals surface area contributed by atoms with Crippen LogP contribution >= 0.6 is 0 Å². The Balaban J connectivity index is 2.21. The molecule has 1 aromatic heterocycles.